The highest BCUT2D eigenvalue weighted by Crippen LogP contribution is 2.32. The summed E-state index contributed by atoms with van der Waals surface area (Å²) in [5.41, 5.74) is 6.45. The molecule has 29 heavy (non-hydrogen) atoms. The van der Waals surface area contributed by atoms with Crippen LogP contribution in [-0.4, -0.2) is 30.9 Å². The Morgan fingerprint density at radius 1 is 0.931 bits per heavy atom. The van der Waals surface area contributed by atoms with Crippen molar-refractivity contribution in [2.45, 2.75) is 6.17 Å². The summed E-state index contributed by atoms with van der Waals surface area (Å²) in [5, 5.41) is 4.74. The third-order valence-electron chi connectivity index (χ3n) is 4.91. The minimum Gasteiger partial charge on any atom is -0.378 e. The van der Waals surface area contributed by atoms with Crippen molar-refractivity contribution >= 4 is 23.2 Å². The first-order valence-corrected chi connectivity index (χ1v) is 9.37. The Balaban J connectivity index is 1.70. The number of amides is 2. The second-order valence-corrected chi connectivity index (χ2v) is 7.06. The van der Waals surface area contributed by atoms with Gasteiger partial charge in [0.2, 0.25) is 0 Å². The molecule has 0 fully saturated rings. The van der Waals surface area contributed by atoms with E-state index in [2.05, 4.69) is 10.7 Å². The molecule has 3 aromatic carbocycles. The first-order valence-electron chi connectivity index (χ1n) is 9.37. The molecule has 2 N–H and O–H groups in total. The maximum atomic E-state index is 13.2. The number of carbonyl (C=O) groups excluding carboxylic acids is 2. The van der Waals surface area contributed by atoms with Gasteiger partial charge in [-0.2, -0.15) is 0 Å². The molecule has 6 nitrogen and oxygen atoms in total. The summed E-state index contributed by atoms with van der Waals surface area (Å²) >= 11 is 0. The normalized spacial score (nSPS) is 15.3. The Morgan fingerprint density at radius 2 is 1.59 bits per heavy atom. The van der Waals surface area contributed by atoms with Gasteiger partial charge in [0.1, 0.15) is 6.17 Å². The second-order valence-electron chi connectivity index (χ2n) is 7.06. The molecule has 0 unspecified atom stereocenters. The molecule has 2 amide bonds. The van der Waals surface area contributed by atoms with Crippen LogP contribution >= 0.6 is 0 Å². The van der Waals surface area contributed by atoms with Crippen LogP contribution in [0.3, 0.4) is 0 Å². The Kier molecular flexibility index (Phi) is 4.91. The highest BCUT2D eigenvalue weighted by molar-refractivity contribution is 6.03. The molecule has 146 valence electrons. The second kappa shape index (κ2) is 7.67. The van der Waals surface area contributed by atoms with Gasteiger partial charge in [-0.3, -0.25) is 15.0 Å². The molecule has 0 aromatic heterocycles. The van der Waals surface area contributed by atoms with E-state index in [1.807, 2.05) is 67.5 Å². The van der Waals surface area contributed by atoms with E-state index < -0.39 is 6.17 Å². The largest absolute Gasteiger partial charge is 0.378 e. The molecular formula is C23H22N4O2. The fourth-order valence-electron chi connectivity index (χ4n) is 3.32. The molecule has 6 heteroatoms. The Hall–Kier alpha value is -3.80. The van der Waals surface area contributed by atoms with E-state index in [1.54, 1.807) is 30.3 Å². The van der Waals surface area contributed by atoms with Crippen LogP contribution in [0, 0.1) is 0 Å². The third-order valence-corrected chi connectivity index (χ3v) is 4.91. The van der Waals surface area contributed by atoms with Gasteiger partial charge >= 0.3 is 0 Å². The zero-order valence-electron chi connectivity index (χ0n) is 16.3. The van der Waals surface area contributed by atoms with Gasteiger partial charge in [-0.1, -0.05) is 42.5 Å². The number of anilines is 2. The standard InChI is InChI=1S/C23H22N4O2/c1-26(2)18-14-12-16(13-15-18)21-24-20-11-7-6-10-19(20)23(29)27(21)25-22(28)17-8-4-3-5-9-17/h3-15,21,24H,1-2H3,(H,25,28)/t21-/m1/s1. The lowest BCUT2D eigenvalue weighted by atomic mass is 10.0. The number of hydrazine groups is 1. The summed E-state index contributed by atoms with van der Waals surface area (Å²) in [6.07, 6.45) is -0.527. The molecule has 0 radical (unpaired) electrons. The van der Waals surface area contributed by atoms with Crippen LogP contribution in [-0.2, 0) is 0 Å². The number of hydrogen-bond donors (Lipinski definition) is 2. The lowest BCUT2D eigenvalue weighted by molar-refractivity contribution is 0.0491. The van der Waals surface area contributed by atoms with Gasteiger partial charge in [0, 0.05) is 31.0 Å². The number of nitrogens with one attached hydrogen (secondary N) is 2. The molecule has 0 spiro atoms. The predicted octanol–water partition coefficient (Wildman–Crippen LogP) is 3.66. The predicted molar refractivity (Wildman–Crippen MR) is 114 cm³/mol. The van der Waals surface area contributed by atoms with E-state index in [9.17, 15) is 9.59 Å². The topological polar surface area (TPSA) is 64.7 Å². The summed E-state index contributed by atoms with van der Waals surface area (Å²) < 4.78 is 0. The van der Waals surface area contributed by atoms with Crippen molar-refractivity contribution in [3.63, 3.8) is 0 Å². The zero-order valence-corrected chi connectivity index (χ0v) is 16.3. The summed E-state index contributed by atoms with van der Waals surface area (Å²) in [7, 11) is 3.94. The number of para-hydroxylation sites is 1. The zero-order chi connectivity index (χ0) is 20.4. The number of carbonyl (C=O) groups is 2. The van der Waals surface area contributed by atoms with Crippen molar-refractivity contribution in [2.24, 2.45) is 0 Å². The van der Waals surface area contributed by atoms with Gasteiger partial charge < -0.3 is 10.2 Å². The Morgan fingerprint density at radius 3 is 2.28 bits per heavy atom. The van der Waals surface area contributed by atoms with E-state index in [-0.39, 0.29) is 11.8 Å². The first kappa shape index (κ1) is 18.6. The molecule has 1 aliphatic heterocycles. The third kappa shape index (κ3) is 3.65. The van der Waals surface area contributed by atoms with Crippen molar-refractivity contribution < 1.29 is 9.59 Å². The maximum Gasteiger partial charge on any atom is 0.276 e. The number of rotatable bonds is 4. The van der Waals surface area contributed by atoms with E-state index in [4.69, 9.17) is 0 Å². The lowest BCUT2D eigenvalue weighted by Gasteiger charge is -2.37. The van der Waals surface area contributed by atoms with E-state index in [0.29, 0.717) is 11.1 Å². The van der Waals surface area contributed by atoms with Crippen molar-refractivity contribution in [3.05, 3.63) is 95.6 Å². The molecular weight excluding hydrogens is 364 g/mol. The van der Waals surface area contributed by atoms with Crippen molar-refractivity contribution in [2.75, 3.05) is 24.3 Å². The van der Waals surface area contributed by atoms with Crippen molar-refractivity contribution in [3.8, 4) is 0 Å². The van der Waals surface area contributed by atoms with Crippen LogP contribution in [0.25, 0.3) is 0 Å². The average Bonchev–Trinajstić information content (AvgIpc) is 2.76. The van der Waals surface area contributed by atoms with Gasteiger partial charge in [0.25, 0.3) is 11.8 Å². The first-order chi connectivity index (χ1) is 14.0. The maximum absolute atomic E-state index is 13.2. The fourth-order valence-corrected chi connectivity index (χ4v) is 3.32. The average molecular weight is 386 g/mol. The minimum absolute atomic E-state index is 0.259. The van der Waals surface area contributed by atoms with Crippen LogP contribution in [0.15, 0.2) is 78.9 Å². The molecule has 3 aromatic rings. The Bertz CT molecular complexity index is 1030. The van der Waals surface area contributed by atoms with E-state index in [1.165, 1.54) is 5.01 Å². The molecule has 0 saturated heterocycles. The number of fused-ring (bicyclic) bond motifs is 1. The fraction of sp³-hybridized carbons (Fsp3) is 0.130. The molecule has 1 heterocycles. The van der Waals surface area contributed by atoms with Crippen molar-refractivity contribution in [1.29, 1.82) is 0 Å². The van der Waals surface area contributed by atoms with Crippen LogP contribution in [0.5, 0.6) is 0 Å². The van der Waals surface area contributed by atoms with Crippen LogP contribution in [0.4, 0.5) is 11.4 Å². The highest BCUT2D eigenvalue weighted by atomic mass is 16.2. The Labute approximate surface area is 169 Å². The van der Waals surface area contributed by atoms with E-state index >= 15 is 0 Å². The minimum atomic E-state index is -0.527. The van der Waals surface area contributed by atoms with Gasteiger partial charge in [0.05, 0.1) is 5.56 Å². The monoisotopic (exact) mass is 386 g/mol. The SMILES string of the molecule is CN(C)c1ccc([C@@H]2Nc3ccccc3C(=O)N2NC(=O)c2ccccc2)cc1. The van der Waals surface area contributed by atoms with Gasteiger partial charge in [-0.25, -0.2) is 5.01 Å². The smallest absolute Gasteiger partial charge is 0.276 e. The van der Waals surface area contributed by atoms with Crippen LogP contribution < -0.4 is 15.6 Å². The van der Waals surface area contributed by atoms with E-state index in [0.717, 1.165) is 16.9 Å². The van der Waals surface area contributed by atoms with Gasteiger partial charge in [-0.05, 0) is 42.0 Å². The quantitative estimate of drug-likeness (QED) is 0.718. The molecule has 0 saturated carbocycles. The number of benzene rings is 3. The molecule has 0 bridgehead atoms. The summed E-state index contributed by atoms with van der Waals surface area (Å²) in [6.45, 7) is 0. The summed E-state index contributed by atoms with van der Waals surface area (Å²) in [6, 6.07) is 24.0. The van der Waals surface area contributed by atoms with Crippen molar-refractivity contribution in [1.82, 2.24) is 10.4 Å². The molecule has 1 aliphatic rings. The number of nitrogens with zero attached hydrogens (tertiary/aromatic N) is 2. The summed E-state index contributed by atoms with van der Waals surface area (Å²) in [4.78, 5) is 28.0. The lowest BCUT2D eigenvalue weighted by Crippen LogP contribution is -2.52. The molecule has 1 atom stereocenters. The molecule has 0 aliphatic carbocycles. The molecule has 4 rings (SSSR count). The summed E-state index contributed by atoms with van der Waals surface area (Å²) in [5.74, 6) is -0.597. The van der Waals surface area contributed by atoms with Crippen LogP contribution in [0.1, 0.15) is 32.4 Å². The van der Waals surface area contributed by atoms with Gasteiger partial charge in [0.15, 0.2) is 0 Å². The number of hydrogen-bond acceptors (Lipinski definition) is 4. The highest BCUT2D eigenvalue weighted by Gasteiger charge is 2.34. The van der Waals surface area contributed by atoms with Crippen LogP contribution in [0.2, 0.25) is 0 Å². The van der Waals surface area contributed by atoms with Gasteiger partial charge in [-0.15, -0.1) is 0 Å².